The van der Waals surface area contributed by atoms with Crippen molar-refractivity contribution < 1.29 is 26.7 Å². The van der Waals surface area contributed by atoms with Gasteiger partial charge < -0.3 is 15.3 Å². The van der Waals surface area contributed by atoms with Crippen molar-refractivity contribution in [2.24, 2.45) is 16.2 Å². The van der Waals surface area contributed by atoms with Gasteiger partial charge in [0.25, 0.3) is 15.9 Å². The summed E-state index contributed by atoms with van der Waals surface area (Å²) < 4.78 is 55.3. The number of sulfonamides is 2. The van der Waals surface area contributed by atoms with Crippen LogP contribution in [0.3, 0.4) is 0 Å². The number of nitrogens with one attached hydrogen (secondary N) is 2. The van der Waals surface area contributed by atoms with Gasteiger partial charge in [0.05, 0.1) is 11.9 Å². The van der Waals surface area contributed by atoms with Crippen LogP contribution in [0.4, 0.5) is 11.4 Å². The second-order valence-electron chi connectivity index (χ2n) is 9.93. The number of aliphatic hydroxyl groups is 1. The van der Waals surface area contributed by atoms with E-state index < -0.39 is 26.0 Å². The van der Waals surface area contributed by atoms with E-state index in [0.717, 1.165) is 44.8 Å². The Morgan fingerprint density at radius 1 is 1.17 bits per heavy atom. The summed E-state index contributed by atoms with van der Waals surface area (Å²) in [7, 11) is -7.86. The van der Waals surface area contributed by atoms with Gasteiger partial charge in [-0.25, -0.2) is 8.42 Å². The van der Waals surface area contributed by atoms with Crippen LogP contribution in [0.15, 0.2) is 38.8 Å². The number of amides is 1. The molecule has 1 aromatic carbocycles. The number of hydrogen-bond acceptors (Lipinski definition) is 7. The highest BCUT2D eigenvalue weighted by molar-refractivity contribution is 7.92. The van der Waals surface area contributed by atoms with Gasteiger partial charge in [-0.2, -0.15) is 8.42 Å². The van der Waals surface area contributed by atoms with Crippen LogP contribution in [0.25, 0.3) is 0 Å². The third kappa shape index (κ3) is 4.90. The summed E-state index contributed by atoms with van der Waals surface area (Å²) in [6, 6.07) is 3.93. The van der Waals surface area contributed by atoms with Crippen LogP contribution in [-0.4, -0.2) is 57.4 Å². The molecule has 2 fully saturated rings. The maximum atomic E-state index is 13.7. The van der Waals surface area contributed by atoms with E-state index in [0.29, 0.717) is 12.5 Å². The fourth-order valence-electron chi connectivity index (χ4n) is 5.33. The van der Waals surface area contributed by atoms with Crippen LogP contribution in [0.1, 0.15) is 51.4 Å². The Bertz CT molecular complexity index is 1330. The van der Waals surface area contributed by atoms with Gasteiger partial charge >= 0.3 is 0 Å². The molecule has 5 rings (SSSR count). The lowest BCUT2D eigenvalue weighted by Gasteiger charge is -2.41. The molecule has 2 saturated carbocycles. The van der Waals surface area contributed by atoms with E-state index in [1.165, 1.54) is 31.0 Å². The molecule has 1 amide bonds. The van der Waals surface area contributed by atoms with E-state index in [1.54, 1.807) is 0 Å². The van der Waals surface area contributed by atoms with Crippen LogP contribution in [0.5, 0.6) is 0 Å². The minimum atomic E-state index is -4.26. The molecule has 2 aliphatic carbocycles. The van der Waals surface area contributed by atoms with E-state index in [2.05, 4.69) is 14.4 Å². The van der Waals surface area contributed by atoms with Crippen molar-refractivity contribution in [3.63, 3.8) is 0 Å². The molecule has 0 radical (unpaired) electrons. The van der Waals surface area contributed by atoms with Gasteiger partial charge in [0.1, 0.15) is 16.2 Å². The summed E-state index contributed by atoms with van der Waals surface area (Å²) in [5.74, 6) is -0.305. The summed E-state index contributed by atoms with van der Waals surface area (Å²) in [6.07, 6.45) is 8.70. The number of fused-ring (bicyclic) bond motifs is 2. The predicted molar refractivity (Wildman–Crippen MR) is 132 cm³/mol. The molecule has 35 heavy (non-hydrogen) atoms. The van der Waals surface area contributed by atoms with Crippen molar-refractivity contribution in [2.75, 3.05) is 22.8 Å². The van der Waals surface area contributed by atoms with Crippen molar-refractivity contribution in [2.45, 2.75) is 62.3 Å². The molecule has 0 aromatic heterocycles. The predicted octanol–water partition coefficient (Wildman–Crippen LogP) is 2.97. The number of aliphatic hydroxyl groups excluding tert-OH is 1. The zero-order valence-corrected chi connectivity index (χ0v) is 21.2. The highest BCUT2D eigenvalue weighted by atomic mass is 32.2. The molecule has 12 heteroatoms. The van der Waals surface area contributed by atoms with Crippen molar-refractivity contribution in [3.8, 4) is 0 Å². The first-order valence-corrected chi connectivity index (χ1v) is 15.3. The minimum absolute atomic E-state index is 0.0821. The molecule has 190 valence electrons. The van der Waals surface area contributed by atoms with Gasteiger partial charge in [-0.1, -0.05) is 32.1 Å². The molecule has 2 heterocycles. The fraction of sp³-hybridized carbons (Fsp3) is 0.565. The number of anilines is 2. The maximum absolute atomic E-state index is 13.7. The first-order chi connectivity index (χ1) is 16.5. The van der Waals surface area contributed by atoms with E-state index in [4.69, 9.17) is 0 Å². The summed E-state index contributed by atoms with van der Waals surface area (Å²) in [6.45, 7) is 0.582. The first-order valence-electron chi connectivity index (χ1n) is 12.0. The van der Waals surface area contributed by atoms with E-state index in [-0.39, 0.29) is 45.4 Å². The molecule has 4 aliphatic rings. The number of nitrogens with zero attached hydrogens (tertiary/aromatic N) is 2. The molecule has 10 nitrogen and oxygen atoms in total. The SMILES string of the molecule is CS(=O)(=O)Nc1ccc2c(c1)S(=O)(=O)N=C(C1=C(O)C3CCCCCC3N(CCC3CC3)C1=O)N2. The summed E-state index contributed by atoms with van der Waals surface area (Å²) >= 11 is 0. The van der Waals surface area contributed by atoms with Crippen molar-refractivity contribution in [1.29, 1.82) is 0 Å². The lowest BCUT2D eigenvalue weighted by Crippen LogP contribution is -2.52. The Kier molecular flexibility index (Phi) is 6.07. The highest BCUT2D eigenvalue weighted by Crippen LogP contribution is 2.41. The molecule has 0 bridgehead atoms. The zero-order chi connectivity index (χ0) is 25.0. The average Bonchev–Trinajstić information content (AvgIpc) is 3.60. The standard InChI is InChI=1S/C23H30N4O6S2/c1-34(30,31)25-15-9-10-17-19(13-15)35(32,33)26-22(24-17)20-21(28)16-5-3-2-4-6-18(16)27(23(20)29)12-11-14-7-8-14/h9-10,13-14,16,18,25,28H,2-8,11-12H2,1H3,(H,24,26). The molecular weight excluding hydrogens is 492 g/mol. The Balaban J connectivity index is 1.53. The molecule has 1 aromatic rings. The Labute approximate surface area is 205 Å². The molecule has 0 saturated heterocycles. The van der Waals surface area contributed by atoms with Crippen LogP contribution >= 0.6 is 0 Å². The molecule has 0 spiro atoms. The second-order valence-corrected chi connectivity index (χ2v) is 13.2. The smallest absolute Gasteiger partial charge is 0.286 e. The van der Waals surface area contributed by atoms with Gasteiger partial charge in [-0.15, -0.1) is 4.40 Å². The molecule has 2 atom stereocenters. The lowest BCUT2D eigenvalue weighted by atomic mass is 9.84. The number of benzene rings is 1. The van der Waals surface area contributed by atoms with E-state index >= 15 is 0 Å². The first kappa shape index (κ1) is 24.1. The normalized spacial score (nSPS) is 26.3. The molecule has 2 unspecified atom stereocenters. The third-order valence-corrected chi connectivity index (χ3v) is 9.12. The van der Waals surface area contributed by atoms with E-state index in [1.807, 2.05) is 4.90 Å². The zero-order valence-electron chi connectivity index (χ0n) is 19.5. The topological polar surface area (TPSA) is 145 Å². The quantitative estimate of drug-likeness (QED) is 0.521. The largest absolute Gasteiger partial charge is 0.511 e. The van der Waals surface area contributed by atoms with Crippen LogP contribution in [0, 0.1) is 11.8 Å². The minimum Gasteiger partial charge on any atom is -0.511 e. The number of amidine groups is 1. The maximum Gasteiger partial charge on any atom is 0.286 e. The van der Waals surface area contributed by atoms with Gasteiger partial charge in [0.2, 0.25) is 10.0 Å². The number of rotatable bonds is 6. The summed E-state index contributed by atoms with van der Waals surface area (Å²) in [5.41, 5.74) is 0.157. The molecule has 3 N–H and O–H groups in total. The molecular formula is C23H30N4O6S2. The monoisotopic (exact) mass is 522 g/mol. The Morgan fingerprint density at radius 2 is 1.91 bits per heavy atom. The van der Waals surface area contributed by atoms with Gasteiger partial charge in [0.15, 0.2) is 5.84 Å². The van der Waals surface area contributed by atoms with Crippen molar-refractivity contribution in [3.05, 3.63) is 29.5 Å². The van der Waals surface area contributed by atoms with Gasteiger partial charge in [-0.3, -0.25) is 9.52 Å². The second kappa shape index (κ2) is 8.81. The Morgan fingerprint density at radius 3 is 2.63 bits per heavy atom. The average molecular weight is 523 g/mol. The Hall–Kier alpha value is -2.60. The number of hydrogen-bond donors (Lipinski definition) is 3. The number of carbonyl (C=O) groups is 1. The fourth-order valence-corrected chi connectivity index (χ4v) is 7.04. The molecule has 2 aliphatic heterocycles. The highest BCUT2D eigenvalue weighted by Gasteiger charge is 2.45. The van der Waals surface area contributed by atoms with Crippen LogP contribution in [0.2, 0.25) is 0 Å². The van der Waals surface area contributed by atoms with Crippen LogP contribution in [-0.2, 0) is 24.8 Å². The van der Waals surface area contributed by atoms with Crippen LogP contribution < -0.4 is 10.0 Å². The number of carbonyl (C=O) groups excluding carboxylic acids is 1. The third-order valence-electron chi connectivity index (χ3n) is 7.20. The summed E-state index contributed by atoms with van der Waals surface area (Å²) in [5, 5.41) is 14.2. The summed E-state index contributed by atoms with van der Waals surface area (Å²) in [4.78, 5) is 15.3. The van der Waals surface area contributed by atoms with Crippen molar-refractivity contribution >= 4 is 43.2 Å². The van der Waals surface area contributed by atoms with Gasteiger partial charge in [-0.05, 0) is 43.4 Å². The lowest BCUT2D eigenvalue weighted by molar-refractivity contribution is -0.132. The van der Waals surface area contributed by atoms with E-state index in [9.17, 15) is 26.7 Å². The van der Waals surface area contributed by atoms with Crippen molar-refractivity contribution in [1.82, 2.24) is 4.90 Å². The van der Waals surface area contributed by atoms with Gasteiger partial charge in [0, 0.05) is 24.2 Å².